The number of aromatic nitrogens is 2. The van der Waals surface area contributed by atoms with Crippen LogP contribution in [0.4, 0.5) is 5.95 Å². The van der Waals surface area contributed by atoms with E-state index >= 15 is 0 Å². The molecule has 110 valence electrons. The highest BCUT2D eigenvalue weighted by Gasteiger charge is 2.08. The van der Waals surface area contributed by atoms with Gasteiger partial charge in [0.15, 0.2) is 0 Å². The van der Waals surface area contributed by atoms with Crippen LogP contribution >= 0.6 is 0 Å². The third kappa shape index (κ3) is 3.53. The van der Waals surface area contributed by atoms with Crippen LogP contribution in [0.2, 0.25) is 0 Å². The average molecular weight is 273 g/mol. The number of hydrogen-bond acceptors (Lipinski definition) is 2. The summed E-state index contributed by atoms with van der Waals surface area (Å²) in [7, 11) is 0. The molecule has 0 aliphatic heterocycles. The molecule has 3 heteroatoms. The van der Waals surface area contributed by atoms with Gasteiger partial charge < -0.3 is 10.3 Å². The highest BCUT2D eigenvalue weighted by molar-refractivity contribution is 5.81. The van der Waals surface area contributed by atoms with E-state index in [1.54, 1.807) is 0 Å². The summed E-state index contributed by atoms with van der Waals surface area (Å²) in [5.41, 5.74) is 9.47. The smallest absolute Gasteiger partial charge is 0.201 e. The molecular formula is C17H27N3. The van der Waals surface area contributed by atoms with Gasteiger partial charge in [-0.3, -0.25) is 0 Å². The molecule has 0 radical (unpaired) electrons. The van der Waals surface area contributed by atoms with Gasteiger partial charge in [-0.25, -0.2) is 4.98 Å². The Hall–Kier alpha value is -1.51. The van der Waals surface area contributed by atoms with Gasteiger partial charge in [-0.2, -0.15) is 0 Å². The number of rotatable bonds is 7. The first kappa shape index (κ1) is 14.9. The number of anilines is 1. The lowest BCUT2D eigenvalue weighted by Gasteiger charge is -2.07. The predicted octanol–water partition coefficient (Wildman–Crippen LogP) is 4.53. The van der Waals surface area contributed by atoms with Crippen LogP contribution in [0, 0.1) is 12.8 Å². The molecule has 1 aromatic heterocycles. The Morgan fingerprint density at radius 1 is 1.15 bits per heavy atom. The van der Waals surface area contributed by atoms with Crippen LogP contribution in [-0.4, -0.2) is 9.55 Å². The van der Waals surface area contributed by atoms with Crippen LogP contribution in [0.5, 0.6) is 0 Å². The molecular weight excluding hydrogens is 246 g/mol. The molecule has 1 aromatic carbocycles. The van der Waals surface area contributed by atoms with E-state index in [4.69, 9.17) is 5.73 Å². The van der Waals surface area contributed by atoms with E-state index in [0.717, 1.165) is 18.0 Å². The first-order valence-electron chi connectivity index (χ1n) is 7.81. The molecule has 0 bridgehead atoms. The number of fused-ring (bicyclic) bond motifs is 1. The number of benzene rings is 1. The van der Waals surface area contributed by atoms with Crippen molar-refractivity contribution >= 4 is 17.0 Å². The largest absolute Gasteiger partial charge is 0.369 e. The van der Waals surface area contributed by atoms with Crippen molar-refractivity contribution in [1.29, 1.82) is 0 Å². The van der Waals surface area contributed by atoms with Gasteiger partial charge in [0, 0.05) is 6.54 Å². The summed E-state index contributed by atoms with van der Waals surface area (Å²) in [4.78, 5) is 4.49. The lowest BCUT2D eigenvalue weighted by Crippen LogP contribution is -2.03. The summed E-state index contributed by atoms with van der Waals surface area (Å²) in [6.07, 6.45) is 6.47. The number of imidazole rings is 1. The molecule has 0 saturated heterocycles. The normalized spacial score (nSPS) is 11.6. The zero-order chi connectivity index (χ0) is 14.5. The van der Waals surface area contributed by atoms with E-state index in [2.05, 4.69) is 48.5 Å². The number of nitrogens with two attached hydrogens (primary N) is 1. The molecule has 0 saturated carbocycles. The maximum absolute atomic E-state index is 6.05. The van der Waals surface area contributed by atoms with Crippen molar-refractivity contribution < 1.29 is 0 Å². The molecule has 0 fully saturated rings. The Morgan fingerprint density at radius 2 is 1.90 bits per heavy atom. The number of para-hydroxylation sites is 1. The van der Waals surface area contributed by atoms with Crippen LogP contribution < -0.4 is 5.73 Å². The number of hydrogen-bond donors (Lipinski definition) is 1. The number of nitrogen functional groups attached to an aromatic ring is 1. The molecule has 2 N–H and O–H groups in total. The molecule has 1 heterocycles. The average Bonchev–Trinajstić information content (AvgIpc) is 2.71. The van der Waals surface area contributed by atoms with Crippen LogP contribution in [-0.2, 0) is 6.54 Å². The van der Waals surface area contributed by atoms with E-state index in [1.807, 2.05) is 0 Å². The van der Waals surface area contributed by atoms with Crippen molar-refractivity contribution in [2.45, 2.75) is 59.4 Å². The van der Waals surface area contributed by atoms with E-state index < -0.39 is 0 Å². The molecule has 0 aliphatic rings. The van der Waals surface area contributed by atoms with Gasteiger partial charge in [0.2, 0.25) is 5.95 Å². The van der Waals surface area contributed by atoms with Crippen molar-refractivity contribution in [2.75, 3.05) is 5.73 Å². The fraction of sp³-hybridized carbons (Fsp3) is 0.588. The van der Waals surface area contributed by atoms with Crippen LogP contribution in [0.25, 0.3) is 11.0 Å². The summed E-state index contributed by atoms with van der Waals surface area (Å²) in [5.74, 6) is 1.47. The van der Waals surface area contributed by atoms with E-state index in [1.165, 1.54) is 43.2 Å². The second-order valence-electron chi connectivity index (χ2n) is 6.16. The fourth-order valence-corrected chi connectivity index (χ4v) is 2.72. The molecule has 2 rings (SSSR count). The highest BCUT2D eigenvalue weighted by atomic mass is 15.1. The number of nitrogens with zero attached hydrogens (tertiary/aromatic N) is 2. The number of unbranched alkanes of at least 4 members (excludes halogenated alkanes) is 3. The summed E-state index contributed by atoms with van der Waals surface area (Å²) in [6.45, 7) is 7.65. The highest BCUT2D eigenvalue weighted by Crippen LogP contribution is 2.21. The lowest BCUT2D eigenvalue weighted by molar-refractivity contribution is 0.508. The van der Waals surface area contributed by atoms with Crippen LogP contribution in [0.15, 0.2) is 18.2 Å². The van der Waals surface area contributed by atoms with Gasteiger partial charge in [0.05, 0.1) is 11.0 Å². The minimum atomic E-state index is 0.650. The third-order valence-electron chi connectivity index (χ3n) is 3.92. The first-order chi connectivity index (χ1) is 9.59. The van der Waals surface area contributed by atoms with Crippen LogP contribution in [0.1, 0.15) is 51.5 Å². The Labute approximate surface area is 122 Å². The predicted molar refractivity (Wildman–Crippen MR) is 86.8 cm³/mol. The summed E-state index contributed by atoms with van der Waals surface area (Å²) in [6, 6.07) is 6.29. The summed E-state index contributed by atoms with van der Waals surface area (Å²) in [5, 5.41) is 0. The SMILES string of the molecule is Cc1cccc2c1nc(N)n2CCCCCCC(C)C. The van der Waals surface area contributed by atoms with Gasteiger partial charge in [-0.15, -0.1) is 0 Å². The van der Waals surface area contributed by atoms with E-state index in [9.17, 15) is 0 Å². The topological polar surface area (TPSA) is 43.8 Å². The second kappa shape index (κ2) is 6.78. The maximum atomic E-state index is 6.05. The second-order valence-corrected chi connectivity index (χ2v) is 6.16. The van der Waals surface area contributed by atoms with E-state index in [-0.39, 0.29) is 0 Å². The monoisotopic (exact) mass is 273 g/mol. The molecule has 2 aromatic rings. The molecule has 0 spiro atoms. The van der Waals surface area contributed by atoms with Crippen LogP contribution in [0.3, 0.4) is 0 Å². The van der Waals surface area contributed by atoms with Gasteiger partial charge in [0.1, 0.15) is 0 Å². The zero-order valence-corrected chi connectivity index (χ0v) is 13.0. The summed E-state index contributed by atoms with van der Waals surface area (Å²) >= 11 is 0. The standard InChI is InChI=1S/C17H27N3/c1-13(2)9-6-4-5-7-12-20-15-11-8-10-14(3)16(15)19-17(20)18/h8,10-11,13H,4-7,9,12H2,1-3H3,(H2,18,19). The van der Waals surface area contributed by atoms with E-state index in [0.29, 0.717) is 5.95 Å². The molecule has 0 amide bonds. The third-order valence-corrected chi connectivity index (χ3v) is 3.92. The summed E-state index contributed by atoms with van der Waals surface area (Å²) < 4.78 is 2.16. The molecule has 0 unspecified atom stereocenters. The van der Waals surface area contributed by atoms with Crippen molar-refractivity contribution in [3.8, 4) is 0 Å². The van der Waals surface area contributed by atoms with Crippen molar-refractivity contribution in [3.05, 3.63) is 23.8 Å². The fourth-order valence-electron chi connectivity index (χ4n) is 2.72. The lowest BCUT2D eigenvalue weighted by atomic mass is 10.0. The Balaban J connectivity index is 1.90. The first-order valence-corrected chi connectivity index (χ1v) is 7.81. The molecule has 3 nitrogen and oxygen atoms in total. The molecule has 0 aliphatic carbocycles. The van der Waals surface area contributed by atoms with Crippen molar-refractivity contribution in [1.82, 2.24) is 9.55 Å². The quantitative estimate of drug-likeness (QED) is 0.753. The Morgan fingerprint density at radius 3 is 2.65 bits per heavy atom. The Kier molecular flexibility index (Phi) is 5.05. The molecule has 20 heavy (non-hydrogen) atoms. The van der Waals surface area contributed by atoms with Gasteiger partial charge in [-0.1, -0.05) is 51.7 Å². The van der Waals surface area contributed by atoms with Gasteiger partial charge in [0.25, 0.3) is 0 Å². The van der Waals surface area contributed by atoms with Gasteiger partial charge >= 0.3 is 0 Å². The maximum Gasteiger partial charge on any atom is 0.201 e. The van der Waals surface area contributed by atoms with Crippen molar-refractivity contribution in [2.24, 2.45) is 5.92 Å². The number of aryl methyl sites for hydroxylation is 2. The minimum absolute atomic E-state index is 0.650. The van der Waals surface area contributed by atoms with Gasteiger partial charge in [-0.05, 0) is 30.9 Å². The zero-order valence-electron chi connectivity index (χ0n) is 13.0. The van der Waals surface area contributed by atoms with Crippen molar-refractivity contribution in [3.63, 3.8) is 0 Å². The minimum Gasteiger partial charge on any atom is -0.369 e. The molecule has 0 atom stereocenters. The Bertz CT molecular complexity index is 555.